The van der Waals surface area contributed by atoms with Gasteiger partial charge in [0.1, 0.15) is 39.9 Å². The molecule has 0 spiro atoms. The lowest BCUT2D eigenvalue weighted by atomic mass is 9.97. The van der Waals surface area contributed by atoms with Gasteiger partial charge in [0.15, 0.2) is 6.73 Å². The third-order valence-corrected chi connectivity index (χ3v) is 17.4. The number of nitrogens with zero attached hydrogens (tertiary/aromatic N) is 15. The van der Waals surface area contributed by atoms with Gasteiger partial charge in [-0.2, -0.15) is 9.36 Å². The monoisotopic (exact) mass is 1350 g/mol. The minimum atomic E-state index is -0.768. The molecule has 3 aliphatic heterocycles. The molecule has 0 fully saturated rings. The summed E-state index contributed by atoms with van der Waals surface area (Å²) in [5.41, 5.74) is 4.48. The maximum atomic E-state index is 13.9. The number of allylic oxidation sites excluding steroid dienone is 1. The highest BCUT2D eigenvalue weighted by molar-refractivity contribution is 7.12. The Hall–Kier alpha value is -9.71. The van der Waals surface area contributed by atoms with Crippen LogP contribution in [0.4, 0.5) is 0 Å². The first-order chi connectivity index (χ1) is 44.7. The van der Waals surface area contributed by atoms with Crippen LogP contribution >= 0.6 is 45.9 Å². The Kier molecular flexibility index (Phi) is 18.7. The molecule has 94 heavy (non-hydrogen) atoms. The van der Waals surface area contributed by atoms with Crippen LogP contribution in [0.1, 0.15) is 136 Å². The smallest absolute Gasteiger partial charge is 0.351 e. The summed E-state index contributed by atoms with van der Waals surface area (Å²) in [4.78, 5) is 109. The van der Waals surface area contributed by atoms with Crippen LogP contribution in [0.15, 0.2) is 111 Å². The van der Waals surface area contributed by atoms with E-state index in [1.165, 1.54) is 45.5 Å². The van der Waals surface area contributed by atoms with E-state index in [-0.39, 0.29) is 28.8 Å². The number of aryl methyl sites for hydroxylation is 2. The zero-order valence-corrected chi connectivity index (χ0v) is 55.4. The van der Waals surface area contributed by atoms with Gasteiger partial charge in [-0.15, -0.1) is 32.9 Å². The second kappa shape index (κ2) is 26.7. The largest absolute Gasteiger partial charge is 0.443 e. The number of thiophene rings is 2. The maximum Gasteiger partial charge on any atom is 0.351 e. The quantitative estimate of drug-likeness (QED) is 0.0493. The SMILES string of the molecule is CC(C)(C)C(=O)OCOC(=O)c1cc(-c2cnc([C@@H]3CCc4nc(-c5cc(Cl)ccc5-n5cnnn5)cc(=O)n43)n2COC(=O)C(C)(C)C)cs1.CC(C)(C)C(=O)OCOC(=O)c1cc(C2=CN=C([C@@H]3CCc4nc(-c5cc(Cl)ccc5-n5cnnn5)cc(=O)n43)C2)cs1. The Morgan fingerprint density at radius 2 is 1.07 bits per heavy atom. The van der Waals surface area contributed by atoms with Crippen molar-refractivity contribution in [3.8, 4) is 45.1 Å². The predicted octanol–water partition coefficient (Wildman–Crippen LogP) is 9.93. The fourth-order valence-corrected chi connectivity index (χ4v) is 12.3. The number of ether oxygens (including phenoxy) is 5. The number of carbonyl (C=O) groups excluding carboxylic acids is 5. The van der Waals surface area contributed by atoms with E-state index in [9.17, 15) is 33.6 Å². The average molecular weight is 1360 g/mol. The fourth-order valence-electron chi connectivity index (χ4n) is 10.3. The van der Waals surface area contributed by atoms with Crippen molar-refractivity contribution in [3.05, 3.63) is 160 Å². The van der Waals surface area contributed by atoms with Crippen molar-refractivity contribution in [1.82, 2.24) is 69.1 Å². The van der Waals surface area contributed by atoms with Crippen LogP contribution in [0.2, 0.25) is 10.0 Å². The molecule has 0 aliphatic carbocycles. The molecule has 9 aromatic rings. The van der Waals surface area contributed by atoms with Gasteiger partial charge in [-0.25, -0.2) is 24.5 Å². The van der Waals surface area contributed by atoms with Crippen LogP contribution in [0.5, 0.6) is 0 Å². The molecule has 2 atom stereocenters. The third kappa shape index (κ3) is 14.3. The molecule has 0 radical (unpaired) electrons. The van der Waals surface area contributed by atoms with E-state index in [0.29, 0.717) is 110 Å². The number of benzene rings is 2. The highest BCUT2D eigenvalue weighted by Gasteiger charge is 2.35. The number of tetrazole rings is 2. The summed E-state index contributed by atoms with van der Waals surface area (Å²) in [7, 11) is 0. The number of esters is 5. The molecule has 27 nitrogen and oxygen atoms in total. The molecular weight excluding hydrogens is 1290 g/mol. The van der Waals surface area contributed by atoms with Crippen LogP contribution < -0.4 is 11.1 Å². The third-order valence-electron chi connectivity index (χ3n) is 15.1. The Morgan fingerprint density at radius 3 is 1.57 bits per heavy atom. The first kappa shape index (κ1) is 65.8. The van der Waals surface area contributed by atoms with Crippen molar-refractivity contribution < 1.29 is 47.7 Å². The zero-order chi connectivity index (χ0) is 67.0. The van der Waals surface area contributed by atoms with Gasteiger partial charge in [-0.3, -0.25) is 42.7 Å². The van der Waals surface area contributed by atoms with E-state index < -0.39 is 65.7 Å². The van der Waals surface area contributed by atoms with E-state index in [1.807, 2.05) is 5.38 Å². The van der Waals surface area contributed by atoms with Crippen molar-refractivity contribution in [2.45, 2.75) is 113 Å². The van der Waals surface area contributed by atoms with E-state index in [1.54, 1.807) is 142 Å². The lowest BCUT2D eigenvalue weighted by Gasteiger charge is -2.21. The molecule has 0 bridgehead atoms. The molecule has 31 heteroatoms. The van der Waals surface area contributed by atoms with Crippen molar-refractivity contribution in [3.63, 3.8) is 0 Å². The number of aromatic nitrogens is 14. The average Bonchev–Trinajstić information content (AvgIpc) is 1.59. The second-order valence-corrected chi connectivity index (χ2v) is 27.7. The topological polar surface area (TPSA) is 319 Å². The molecule has 12 rings (SSSR count). The lowest BCUT2D eigenvalue weighted by molar-refractivity contribution is -0.162. The highest BCUT2D eigenvalue weighted by Crippen LogP contribution is 2.39. The van der Waals surface area contributed by atoms with Gasteiger partial charge in [0, 0.05) is 75.4 Å². The van der Waals surface area contributed by atoms with E-state index in [2.05, 4.69) is 36.0 Å². The molecular formula is C63H61Cl2N15O12S2. The summed E-state index contributed by atoms with van der Waals surface area (Å²) in [5, 5.41) is 27.3. The first-order valence-corrected chi connectivity index (χ1v) is 31.9. The van der Waals surface area contributed by atoms with Crippen molar-refractivity contribution in [1.29, 1.82) is 0 Å². The molecule has 0 saturated carbocycles. The summed E-state index contributed by atoms with van der Waals surface area (Å²) >= 11 is 15.0. The highest BCUT2D eigenvalue weighted by atomic mass is 35.5. The maximum absolute atomic E-state index is 13.9. The van der Waals surface area contributed by atoms with Gasteiger partial charge in [-0.05, 0) is 161 Å². The van der Waals surface area contributed by atoms with Crippen molar-refractivity contribution in [2.75, 3.05) is 13.6 Å². The fraction of sp³-hybridized carbons (Fsp3) is 0.349. The van der Waals surface area contributed by atoms with Gasteiger partial charge in [-0.1, -0.05) is 23.2 Å². The van der Waals surface area contributed by atoms with Gasteiger partial charge >= 0.3 is 29.8 Å². The molecule has 2 aromatic carbocycles. The van der Waals surface area contributed by atoms with Gasteiger partial charge in [0.25, 0.3) is 11.1 Å². The molecule has 0 unspecified atom stereocenters. The van der Waals surface area contributed by atoms with Crippen LogP contribution in [-0.2, 0) is 57.6 Å². The molecule has 0 amide bonds. The number of fused-ring (bicyclic) bond motifs is 2. The van der Waals surface area contributed by atoms with E-state index >= 15 is 0 Å². The standard InChI is InChI=1S/C34H35ClN8O7S.C29H26ClN7O5S/c1-33(2,3)31(46)48-17-41-25(19-11-26(51-15-19)30(45)49-18-50-32(47)34(4,5)6)14-36-29(41)24-9-10-27-38-22(13-28(44)43(24)27)21-12-20(35)7-8-23(21)42-16-37-39-40-42;1-29(2,3)28(40)42-15-41-27(39)24-9-17(13-43-24)16-8-21(31-12-16)23-6-7-25-33-20(11-26(38)37(23)25)19-10-18(30)4-5-22(19)36-14-32-34-35-36/h7-8,11-16,24H,9-10,17-18H2,1-6H3;4-5,9-14,23H,6-8,15H2,1-3H3/t24-;23-/m00/s1. The molecule has 10 heterocycles. The number of rotatable bonds is 16. The van der Waals surface area contributed by atoms with Gasteiger partial charge < -0.3 is 23.7 Å². The van der Waals surface area contributed by atoms with Gasteiger partial charge in [0.2, 0.25) is 13.6 Å². The summed E-state index contributed by atoms with van der Waals surface area (Å²) in [6, 6.07) is 15.9. The normalized spacial score (nSPS) is 15.1. The Labute approximate surface area is 554 Å². The van der Waals surface area contributed by atoms with Crippen molar-refractivity contribution in [2.24, 2.45) is 21.2 Å². The Balaban J connectivity index is 0.000000194. The number of carbonyl (C=O) groups is 5. The van der Waals surface area contributed by atoms with Crippen molar-refractivity contribution >= 4 is 87.0 Å². The van der Waals surface area contributed by atoms with Crippen LogP contribution in [-0.4, -0.2) is 118 Å². The molecule has 0 saturated heterocycles. The second-order valence-electron chi connectivity index (χ2n) is 25.0. The lowest BCUT2D eigenvalue weighted by Crippen LogP contribution is -2.28. The van der Waals surface area contributed by atoms with E-state index in [0.717, 1.165) is 28.2 Å². The van der Waals surface area contributed by atoms with Gasteiger partial charge in [0.05, 0.1) is 63.0 Å². The number of hydrogen-bond donors (Lipinski definition) is 0. The summed E-state index contributed by atoms with van der Waals surface area (Å²) < 4.78 is 34.1. The molecule has 0 N–H and O–H groups in total. The number of imidazole rings is 1. The van der Waals surface area contributed by atoms with E-state index in [4.69, 9.17) is 61.8 Å². The predicted molar refractivity (Wildman–Crippen MR) is 344 cm³/mol. The molecule has 7 aromatic heterocycles. The number of halogens is 2. The Morgan fingerprint density at radius 1 is 0.596 bits per heavy atom. The molecule has 3 aliphatic rings. The Bertz CT molecular complexity index is 4610. The minimum absolute atomic E-state index is 0.186. The van der Waals surface area contributed by atoms with Crippen LogP contribution in [0, 0.1) is 16.2 Å². The molecule has 486 valence electrons. The van der Waals surface area contributed by atoms with Crippen LogP contribution in [0.3, 0.4) is 0 Å². The first-order valence-electron chi connectivity index (χ1n) is 29.4. The summed E-state index contributed by atoms with van der Waals surface area (Å²) in [6.45, 7) is 14.4. The zero-order valence-electron chi connectivity index (χ0n) is 52.2. The van der Waals surface area contributed by atoms with Crippen LogP contribution in [0.25, 0.3) is 50.7 Å². The summed E-state index contributed by atoms with van der Waals surface area (Å²) in [5.74, 6) is -0.934. The number of aliphatic imine (C=N–C) groups is 1. The summed E-state index contributed by atoms with van der Waals surface area (Å²) in [6.07, 6.45) is 9.08. The number of hydrogen-bond acceptors (Lipinski definition) is 24. The minimum Gasteiger partial charge on any atom is -0.443 e.